The third kappa shape index (κ3) is 5.62. The van der Waals surface area contributed by atoms with Gasteiger partial charge in [0.05, 0.1) is 12.3 Å². The topological polar surface area (TPSA) is 67.9 Å². The molecule has 0 saturated carbocycles. The fraction of sp³-hybridized carbons (Fsp3) is 0.333. The van der Waals surface area contributed by atoms with Crippen LogP contribution in [0, 0.1) is 0 Å². The number of hydrogen-bond donors (Lipinski definition) is 0. The van der Waals surface area contributed by atoms with Gasteiger partial charge >= 0.3 is 11.8 Å². The zero-order valence-corrected chi connectivity index (χ0v) is 21.3. The number of aromatic nitrogens is 1. The molecule has 0 bridgehead atoms. The van der Waals surface area contributed by atoms with Crippen LogP contribution in [-0.2, 0) is 11.3 Å². The Morgan fingerprint density at radius 3 is 2.43 bits per heavy atom. The van der Waals surface area contributed by atoms with Crippen LogP contribution in [0.4, 0.5) is 10.5 Å². The van der Waals surface area contributed by atoms with E-state index in [0.717, 1.165) is 62.2 Å². The highest BCUT2D eigenvalue weighted by Gasteiger charge is 2.24. The first kappa shape index (κ1) is 24.8. The van der Waals surface area contributed by atoms with Gasteiger partial charge in [0.1, 0.15) is 5.52 Å². The van der Waals surface area contributed by atoms with E-state index in [1.54, 1.807) is 6.07 Å². The molecule has 192 valence electrons. The Bertz CT molecular complexity index is 1400. The molecule has 7 nitrogen and oxygen atoms in total. The van der Waals surface area contributed by atoms with E-state index in [0.29, 0.717) is 17.7 Å². The molecule has 2 heterocycles. The Hall–Kier alpha value is -3.84. The first-order valence-corrected chi connectivity index (χ1v) is 13.1. The smallest absolute Gasteiger partial charge is 0.429 e. The number of piperazine rings is 1. The van der Waals surface area contributed by atoms with Gasteiger partial charge in [-0.15, -0.1) is 0 Å². The molecule has 5 rings (SSSR count). The van der Waals surface area contributed by atoms with Crippen molar-refractivity contribution in [1.82, 2.24) is 9.47 Å². The molecule has 7 heteroatoms. The van der Waals surface area contributed by atoms with Gasteiger partial charge in [0, 0.05) is 32.7 Å². The summed E-state index contributed by atoms with van der Waals surface area (Å²) in [5.74, 6) is -0.708. The number of benzene rings is 3. The number of oxazole rings is 1. The van der Waals surface area contributed by atoms with Gasteiger partial charge in [-0.3, -0.25) is 4.90 Å². The zero-order chi connectivity index (χ0) is 25.6. The Kier molecular flexibility index (Phi) is 7.70. The number of anilines is 1. The second kappa shape index (κ2) is 11.5. The van der Waals surface area contributed by atoms with Gasteiger partial charge in [0.25, 0.3) is 0 Å². The van der Waals surface area contributed by atoms with Gasteiger partial charge < -0.3 is 14.1 Å². The minimum absolute atomic E-state index is 0.293. The van der Waals surface area contributed by atoms with Gasteiger partial charge in [0.2, 0.25) is 0 Å². The van der Waals surface area contributed by atoms with Crippen molar-refractivity contribution >= 4 is 22.9 Å². The summed E-state index contributed by atoms with van der Waals surface area (Å²) in [6.45, 7) is 6.63. The van der Waals surface area contributed by atoms with Crippen LogP contribution in [0.2, 0.25) is 0 Å². The van der Waals surface area contributed by atoms with Crippen molar-refractivity contribution in [3.05, 3.63) is 88.9 Å². The highest BCUT2D eigenvalue weighted by molar-refractivity contribution is 5.92. The molecule has 4 aromatic rings. The average molecular weight is 500 g/mol. The second-order valence-electron chi connectivity index (χ2n) is 9.48. The van der Waals surface area contributed by atoms with Crippen molar-refractivity contribution in [2.45, 2.75) is 32.7 Å². The van der Waals surface area contributed by atoms with E-state index >= 15 is 0 Å². The summed E-state index contributed by atoms with van der Waals surface area (Å²) in [5, 5.41) is 0. The van der Waals surface area contributed by atoms with Gasteiger partial charge in [-0.05, 0) is 41.3 Å². The summed E-state index contributed by atoms with van der Waals surface area (Å²) in [6, 6.07) is 24.7. The van der Waals surface area contributed by atoms with E-state index in [2.05, 4.69) is 65.3 Å². The monoisotopic (exact) mass is 499 g/mol. The number of ether oxygens (including phenoxy) is 1. The summed E-state index contributed by atoms with van der Waals surface area (Å²) in [4.78, 5) is 29.8. The molecule has 0 aliphatic carbocycles. The molecule has 37 heavy (non-hydrogen) atoms. The fourth-order valence-electron chi connectivity index (χ4n) is 4.91. The van der Waals surface area contributed by atoms with Gasteiger partial charge in [-0.2, -0.15) is 4.57 Å². The molecule has 1 aromatic heterocycles. The molecule has 1 fully saturated rings. The van der Waals surface area contributed by atoms with Crippen molar-refractivity contribution in [2.24, 2.45) is 0 Å². The summed E-state index contributed by atoms with van der Waals surface area (Å²) < 4.78 is 11.9. The normalized spacial score (nSPS) is 14.2. The quantitative estimate of drug-likeness (QED) is 0.287. The lowest BCUT2D eigenvalue weighted by molar-refractivity contribution is 0.144. The van der Waals surface area contributed by atoms with Crippen LogP contribution in [0.5, 0.6) is 0 Å². The Labute approximate surface area is 216 Å². The molecule has 0 unspecified atom stereocenters. The predicted molar refractivity (Wildman–Crippen MR) is 146 cm³/mol. The van der Waals surface area contributed by atoms with Crippen LogP contribution in [0.3, 0.4) is 0 Å². The van der Waals surface area contributed by atoms with Crippen LogP contribution in [0.25, 0.3) is 22.2 Å². The molecule has 3 aromatic carbocycles. The number of hydrogen-bond acceptors (Lipinski definition) is 6. The number of rotatable bonds is 8. The molecule has 1 saturated heterocycles. The fourth-order valence-corrected chi connectivity index (χ4v) is 4.91. The van der Waals surface area contributed by atoms with Gasteiger partial charge in [0.15, 0.2) is 5.58 Å². The van der Waals surface area contributed by atoms with Crippen LogP contribution < -0.4 is 10.7 Å². The second-order valence-corrected chi connectivity index (χ2v) is 9.48. The standard InChI is InChI=1S/C30H33N3O4/c1-2-3-7-20-36-29(34)33-27-15-9-14-26(28(27)37-30(33)35)32-18-16-31(17-19-32)22-23-10-8-13-25(21-23)24-11-5-4-6-12-24/h4-6,8-15,21H,2-3,7,16-20,22H2,1H3. The van der Waals surface area contributed by atoms with E-state index < -0.39 is 11.8 Å². The Morgan fingerprint density at radius 1 is 0.892 bits per heavy atom. The van der Waals surface area contributed by atoms with E-state index in [-0.39, 0.29) is 0 Å². The molecular weight excluding hydrogens is 466 g/mol. The number of nitrogens with zero attached hydrogens (tertiary/aromatic N) is 3. The molecule has 0 atom stereocenters. The molecule has 0 amide bonds. The van der Waals surface area contributed by atoms with E-state index in [1.165, 1.54) is 16.7 Å². The molecule has 1 aliphatic rings. The summed E-state index contributed by atoms with van der Waals surface area (Å²) in [6.07, 6.45) is 2.10. The van der Waals surface area contributed by atoms with Crippen molar-refractivity contribution in [3.8, 4) is 11.1 Å². The minimum Gasteiger partial charge on any atom is -0.449 e. The Balaban J connectivity index is 1.25. The molecule has 1 aliphatic heterocycles. The lowest BCUT2D eigenvalue weighted by Crippen LogP contribution is -2.46. The predicted octanol–water partition coefficient (Wildman–Crippen LogP) is 5.76. The zero-order valence-electron chi connectivity index (χ0n) is 21.3. The van der Waals surface area contributed by atoms with Crippen molar-refractivity contribution < 1.29 is 13.9 Å². The number of unbranched alkanes of at least 4 members (excludes halogenated alkanes) is 2. The lowest BCUT2D eigenvalue weighted by Gasteiger charge is -2.36. The number of carbonyl (C=O) groups excluding carboxylic acids is 1. The summed E-state index contributed by atoms with van der Waals surface area (Å²) in [5.41, 5.74) is 5.45. The highest BCUT2D eigenvalue weighted by Crippen LogP contribution is 2.28. The van der Waals surface area contributed by atoms with Crippen molar-refractivity contribution in [3.63, 3.8) is 0 Å². The van der Waals surface area contributed by atoms with Crippen LogP contribution in [0.1, 0.15) is 31.7 Å². The SMILES string of the molecule is CCCCCOC(=O)n1c(=O)oc2c(N3CCN(Cc4cccc(-c5ccccc5)c4)CC3)cccc21. The Morgan fingerprint density at radius 2 is 1.65 bits per heavy atom. The lowest BCUT2D eigenvalue weighted by atomic mass is 10.0. The third-order valence-electron chi connectivity index (χ3n) is 6.90. The average Bonchev–Trinajstić information content (AvgIpc) is 3.28. The molecule has 0 radical (unpaired) electrons. The minimum atomic E-state index is -0.708. The molecule has 0 N–H and O–H groups in total. The van der Waals surface area contributed by atoms with Crippen LogP contribution in [-0.4, -0.2) is 48.3 Å². The first-order valence-electron chi connectivity index (χ1n) is 13.1. The van der Waals surface area contributed by atoms with Crippen molar-refractivity contribution in [1.29, 1.82) is 0 Å². The third-order valence-corrected chi connectivity index (χ3v) is 6.90. The highest BCUT2D eigenvalue weighted by atomic mass is 16.6. The van der Waals surface area contributed by atoms with Crippen LogP contribution >= 0.6 is 0 Å². The van der Waals surface area contributed by atoms with Gasteiger partial charge in [-0.25, -0.2) is 9.59 Å². The van der Waals surface area contributed by atoms with E-state index in [4.69, 9.17) is 9.15 Å². The number of fused-ring (bicyclic) bond motifs is 1. The summed E-state index contributed by atoms with van der Waals surface area (Å²) in [7, 11) is 0. The van der Waals surface area contributed by atoms with Gasteiger partial charge in [-0.1, -0.05) is 74.4 Å². The molecular formula is C30H33N3O4. The first-order chi connectivity index (χ1) is 18.1. The molecule has 0 spiro atoms. The van der Waals surface area contributed by atoms with E-state index in [9.17, 15) is 9.59 Å². The maximum Gasteiger partial charge on any atom is 0.429 e. The maximum atomic E-state index is 12.6. The maximum absolute atomic E-state index is 12.6. The van der Waals surface area contributed by atoms with Crippen LogP contribution in [0.15, 0.2) is 82.0 Å². The number of para-hydroxylation sites is 1. The number of carbonyl (C=O) groups is 1. The van der Waals surface area contributed by atoms with E-state index in [1.807, 2.05) is 18.2 Å². The largest absolute Gasteiger partial charge is 0.449 e. The van der Waals surface area contributed by atoms with Crippen molar-refractivity contribution in [2.75, 3.05) is 37.7 Å². The summed E-state index contributed by atoms with van der Waals surface area (Å²) >= 11 is 0.